The lowest BCUT2D eigenvalue weighted by atomic mass is 10.1. The van der Waals surface area contributed by atoms with Crippen LogP contribution in [0.1, 0.15) is 41.3 Å². The predicted molar refractivity (Wildman–Crippen MR) is 109 cm³/mol. The smallest absolute Gasteiger partial charge is 0.269 e. The zero-order valence-electron chi connectivity index (χ0n) is 16.3. The second-order valence-electron chi connectivity index (χ2n) is 6.30. The Morgan fingerprint density at radius 1 is 1.07 bits per heavy atom. The molecule has 2 rings (SSSR count). The first-order valence-electron chi connectivity index (χ1n) is 9.09. The molecule has 0 bridgehead atoms. The molecule has 0 spiro atoms. The van der Waals surface area contributed by atoms with Crippen LogP contribution in [-0.2, 0) is 11.2 Å². The van der Waals surface area contributed by atoms with Crippen molar-refractivity contribution in [3.8, 4) is 11.5 Å². The number of methoxy groups -OCH3 is 1. The van der Waals surface area contributed by atoms with E-state index in [2.05, 4.69) is 10.9 Å². The Kier molecular flexibility index (Phi) is 8.14. The largest absolute Gasteiger partial charge is 0.493 e. The van der Waals surface area contributed by atoms with Crippen LogP contribution in [0.25, 0.3) is 0 Å². The van der Waals surface area contributed by atoms with Gasteiger partial charge in [-0.2, -0.15) is 0 Å². The van der Waals surface area contributed by atoms with Crippen LogP contribution in [0.5, 0.6) is 11.5 Å². The normalized spacial score (nSPS) is 10.3. The summed E-state index contributed by atoms with van der Waals surface area (Å²) in [6, 6.07) is 10.5. The molecule has 2 N–H and O–H groups in total. The van der Waals surface area contributed by atoms with Crippen LogP contribution in [-0.4, -0.2) is 25.5 Å². The van der Waals surface area contributed by atoms with Crippen molar-refractivity contribution in [2.45, 2.75) is 33.1 Å². The lowest BCUT2D eigenvalue weighted by molar-refractivity contribution is -0.121. The number of hydrogen-bond acceptors (Lipinski definition) is 4. The molecule has 28 heavy (non-hydrogen) atoms. The molecular weight excluding hydrogens is 380 g/mol. The van der Waals surface area contributed by atoms with Crippen LogP contribution in [0, 0.1) is 6.92 Å². The molecule has 0 heterocycles. The maximum atomic E-state index is 12.3. The molecule has 0 aromatic heterocycles. The summed E-state index contributed by atoms with van der Waals surface area (Å²) >= 11 is 6.09. The highest BCUT2D eigenvalue weighted by Crippen LogP contribution is 2.28. The molecule has 0 saturated carbocycles. The third kappa shape index (κ3) is 6.16. The molecule has 2 aromatic rings. The van der Waals surface area contributed by atoms with Gasteiger partial charge < -0.3 is 9.47 Å². The molecule has 6 nitrogen and oxygen atoms in total. The Morgan fingerprint density at radius 2 is 1.86 bits per heavy atom. The van der Waals surface area contributed by atoms with Gasteiger partial charge in [-0.3, -0.25) is 20.4 Å². The number of hydrogen-bond donors (Lipinski definition) is 2. The molecular formula is C21H25ClN2O4. The van der Waals surface area contributed by atoms with Crippen molar-refractivity contribution in [1.29, 1.82) is 0 Å². The van der Waals surface area contributed by atoms with Gasteiger partial charge in [-0.25, -0.2) is 0 Å². The Labute approximate surface area is 170 Å². The first kappa shape index (κ1) is 21.6. The number of carbonyl (C=O) groups excluding carboxylic acids is 2. The van der Waals surface area contributed by atoms with E-state index in [0.29, 0.717) is 35.1 Å². The monoisotopic (exact) mass is 404 g/mol. The van der Waals surface area contributed by atoms with Crippen molar-refractivity contribution in [3.63, 3.8) is 0 Å². The van der Waals surface area contributed by atoms with Crippen LogP contribution >= 0.6 is 11.6 Å². The van der Waals surface area contributed by atoms with E-state index in [0.717, 1.165) is 17.5 Å². The number of halogens is 1. The first-order chi connectivity index (χ1) is 13.4. The minimum Gasteiger partial charge on any atom is -0.493 e. The lowest BCUT2D eigenvalue weighted by Crippen LogP contribution is -2.41. The summed E-state index contributed by atoms with van der Waals surface area (Å²) < 4.78 is 10.8. The van der Waals surface area contributed by atoms with E-state index in [1.165, 1.54) is 7.11 Å². The Morgan fingerprint density at radius 3 is 2.54 bits per heavy atom. The molecule has 0 aliphatic carbocycles. The van der Waals surface area contributed by atoms with E-state index < -0.39 is 5.91 Å². The molecule has 150 valence electrons. The van der Waals surface area contributed by atoms with Crippen molar-refractivity contribution in [2.24, 2.45) is 0 Å². The van der Waals surface area contributed by atoms with Crippen LogP contribution in [0.15, 0.2) is 36.4 Å². The topological polar surface area (TPSA) is 76.7 Å². The van der Waals surface area contributed by atoms with E-state index in [4.69, 9.17) is 21.1 Å². The van der Waals surface area contributed by atoms with Crippen molar-refractivity contribution in [2.75, 3.05) is 13.7 Å². The van der Waals surface area contributed by atoms with Gasteiger partial charge in [0.15, 0.2) is 11.5 Å². The van der Waals surface area contributed by atoms with Gasteiger partial charge in [0.1, 0.15) is 0 Å². The molecule has 2 aromatic carbocycles. The maximum Gasteiger partial charge on any atom is 0.269 e. The molecule has 2 amide bonds. The summed E-state index contributed by atoms with van der Waals surface area (Å²) in [7, 11) is 1.51. The summed E-state index contributed by atoms with van der Waals surface area (Å²) in [5, 5.41) is 0.673. The highest BCUT2D eigenvalue weighted by Gasteiger charge is 2.12. The molecule has 0 fully saturated rings. The molecule has 7 heteroatoms. The molecule has 0 radical (unpaired) electrons. The minimum absolute atomic E-state index is 0.229. The number of benzene rings is 2. The maximum absolute atomic E-state index is 12.3. The van der Waals surface area contributed by atoms with E-state index in [-0.39, 0.29) is 12.3 Å². The minimum atomic E-state index is -0.438. The Bertz CT molecular complexity index is 839. The number of nitrogens with one attached hydrogen (secondary N) is 2. The van der Waals surface area contributed by atoms with Crippen molar-refractivity contribution < 1.29 is 19.1 Å². The molecule has 0 saturated heterocycles. The predicted octanol–water partition coefficient (Wildman–Crippen LogP) is 3.84. The van der Waals surface area contributed by atoms with Gasteiger partial charge in [-0.05, 0) is 55.2 Å². The third-order valence-corrected chi connectivity index (χ3v) is 4.49. The zero-order chi connectivity index (χ0) is 20.5. The second-order valence-corrected chi connectivity index (χ2v) is 6.71. The molecule has 0 aliphatic rings. The number of aryl methyl sites for hydroxylation is 2. The quantitative estimate of drug-likeness (QED) is 0.655. The zero-order valence-corrected chi connectivity index (χ0v) is 17.1. The summed E-state index contributed by atoms with van der Waals surface area (Å²) in [6.45, 7) is 4.49. The van der Waals surface area contributed by atoms with E-state index >= 15 is 0 Å². The average Bonchev–Trinajstić information content (AvgIpc) is 2.71. The van der Waals surface area contributed by atoms with E-state index in [1.54, 1.807) is 18.2 Å². The average molecular weight is 405 g/mol. The fourth-order valence-electron chi connectivity index (χ4n) is 2.45. The first-order valence-corrected chi connectivity index (χ1v) is 9.47. The van der Waals surface area contributed by atoms with Crippen LogP contribution in [0.4, 0.5) is 0 Å². The standard InChI is InChI=1S/C21H25ClN2O4/c1-4-11-28-18-9-8-16(13-19(18)27-3)21(26)24-23-20(25)10-7-15-6-5-14(2)17(22)12-15/h5-6,8-9,12-13H,4,7,10-11H2,1-3H3,(H,23,25)(H,24,26). The van der Waals surface area contributed by atoms with Crippen LogP contribution < -0.4 is 20.3 Å². The number of carbonyl (C=O) groups is 2. The Hall–Kier alpha value is -2.73. The van der Waals surface area contributed by atoms with E-state index in [9.17, 15) is 9.59 Å². The summed E-state index contributed by atoms with van der Waals surface area (Å²) in [6.07, 6.45) is 1.62. The molecule has 0 aliphatic heterocycles. The van der Waals surface area contributed by atoms with Crippen molar-refractivity contribution in [3.05, 3.63) is 58.1 Å². The van der Waals surface area contributed by atoms with Crippen molar-refractivity contribution >= 4 is 23.4 Å². The van der Waals surface area contributed by atoms with Crippen molar-refractivity contribution in [1.82, 2.24) is 10.9 Å². The van der Waals surface area contributed by atoms with E-state index in [1.807, 2.05) is 32.0 Å². The van der Waals surface area contributed by atoms with Gasteiger partial charge >= 0.3 is 0 Å². The number of ether oxygens (including phenoxy) is 2. The number of amides is 2. The van der Waals surface area contributed by atoms with Gasteiger partial charge in [-0.15, -0.1) is 0 Å². The number of rotatable bonds is 8. The fourth-order valence-corrected chi connectivity index (χ4v) is 2.65. The summed E-state index contributed by atoms with van der Waals surface area (Å²) in [4.78, 5) is 24.3. The lowest BCUT2D eigenvalue weighted by Gasteiger charge is -2.12. The second kappa shape index (κ2) is 10.6. The third-order valence-electron chi connectivity index (χ3n) is 4.08. The van der Waals surface area contributed by atoms with Gasteiger partial charge in [0.05, 0.1) is 13.7 Å². The van der Waals surface area contributed by atoms with Gasteiger partial charge in [0, 0.05) is 17.0 Å². The Balaban J connectivity index is 1.86. The van der Waals surface area contributed by atoms with Crippen LogP contribution in [0.3, 0.4) is 0 Å². The van der Waals surface area contributed by atoms with Gasteiger partial charge in [-0.1, -0.05) is 30.7 Å². The highest BCUT2D eigenvalue weighted by molar-refractivity contribution is 6.31. The molecule has 0 unspecified atom stereocenters. The summed E-state index contributed by atoms with van der Waals surface area (Å²) in [5.74, 6) is 0.303. The fraction of sp³-hybridized carbons (Fsp3) is 0.333. The SMILES string of the molecule is CCCOc1ccc(C(=O)NNC(=O)CCc2ccc(C)c(Cl)c2)cc1OC. The van der Waals surface area contributed by atoms with Gasteiger partial charge in [0.2, 0.25) is 5.91 Å². The van der Waals surface area contributed by atoms with Crippen LogP contribution in [0.2, 0.25) is 5.02 Å². The molecule has 0 atom stereocenters. The van der Waals surface area contributed by atoms with Gasteiger partial charge in [0.25, 0.3) is 5.91 Å². The summed E-state index contributed by atoms with van der Waals surface area (Å²) in [5.41, 5.74) is 7.13. The number of hydrazine groups is 1. The highest BCUT2D eigenvalue weighted by atomic mass is 35.5.